The van der Waals surface area contributed by atoms with Crippen LogP contribution in [0.5, 0.6) is 0 Å². The van der Waals surface area contributed by atoms with Crippen molar-refractivity contribution in [2.24, 2.45) is 0 Å². The van der Waals surface area contributed by atoms with Crippen LogP contribution in [0.15, 0.2) is 53.1 Å². The van der Waals surface area contributed by atoms with Gasteiger partial charge in [-0.1, -0.05) is 62.3 Å². The first-order chi connectivity index (χ1) is 14.5. The lowest BCUT2D eigenvalue weighted by atomic mass is 9.87. The second-order valence-corrected chi connectivity index (χ2v) is 8.28. The van der Waals surface area contributed by atoms with Crippen molar-refractivity contribution in [1.82, 2.24) is 10.1 Å². The van der Waals surface area contributed by atoms with E-state index >= 15 is 0 Å². The lowest BCUT2D eigenvalue weighted by Gasteiger charge is -2.18. The zero-order valence-corrected chi connectivity index (χ0v) is 17.6. The third kappa shape index (κ3) is 5.93. The Morgan fingerprint density at radius 3 is 2.35 bits per heavy atom. The quantitative estimate of drug-likeness (QED) is 0.519. The summed E-state index contributed by atoms with van der Waals surface area (Å²) in [4.78, 5) is 16.4. The molecule has 0 radical (unpaired) electrons. The highest BCUT2D eigenvalue weighted by molar-refractivity contribution is 5.91. The monoisotopic (exact) mass is 431 g/mol. The van der Waals surface area contributed by atoms with Crippen molar-refractivity contribution >= 4 is 11.6 Å². The maximum absolute atomic E-state index is 13.0. The number of hydrogen-bond acceptors (Lipinski definition) is 4. The van der Waals surface area contributed by atoms with E-state index in [-0.39, 0.29) is 17.5 Å². The first kappa shape index (κ1) is 22.5. The van der Waals surface area contributed by atoms with Gasteiger partial charge in [0, 0.05) is 18.4 Å². The van der Waals surface area contributed by atoms with Gasteiger partial charge in [0.25, 0.3) is 0 Å². The van der Waals surface area contributed by atoms with Gasteiger partial charge in [-0.25, -0.2) is 0 Å². The number of hydrogen-bond donors (Lipinski definition) is 1. The fourth-order valence-electron chi connectivity index (χ4n) is 3.05. The summed E-state index contributed by atoms with van der Waals surface area (Å²) in [5, 5.41) is 6.30. The minimum atomic E-state index is -4.53. The maximum Gasteiger partial charge on any atom is 0.418 e. The number of benzene rings is 2. The van der Waals surface area contributed by atoms with Gasteiger partial charge in [-0.15, -0.1) is 0 Å². The second-order valence-electron chi connectivity index (χ2n) is 8.28. The Kier molecular flexibility index (Phi) is 6.48. The smallest absolute Gasteiger partial charge is 0.339 e. The Balaban J connectivity index is 1.54. The number of rotatable bonds is 6. The van der Waals surface area contributed by atoms with Gasteiger partial charge >= 0.3 is 6.18 Å². The molecule has 0 fully saturated rings. The van der Waals surface area contributed by atoms with Crippen LogP contribution in [0.4, 0.5) is 18.9 Å². The summed E-state index contributed by atoms with van der Waals surface area (Å²) in [7, 11) is 0. The van der Waals surface area contributed by atoms with Crippen LogP contribution in [0.1, 0.15) is 50.6 Å². The Bertz CT molecular complexity index is 1040. The number of halogens is 3. The van der Waals surface area contributed by atoms with Crippen molar-refractivity contribution in [3.8, 4) is 11.4 Å². The number of para-hydroxylation sites is 1. The summed E-state index contributed by atoms with van der Waals surface area (Å²) in [6.07, 6.45) is -3.79. The predicted molar refractivity (Wildman–Crippen MR) is 111 cm³/mol. The fraction of sp³-hybridized carbons (Fsp3) is 0.348. The van der Waals surface area contributed by atoms with Crippen LogP contribution in [0.3, 0.4) is 0 Å². The minimum Gasteiger partial charge on any atom is -0.339 e. The molecule has 1 amide bonds. The molecule has 2 aromatic carbocycles. The number of amides is 1. The van der Waals surface area contributed by atoms with Crippen molar-refractivity contribution in [3.05, 3.63) is 65.5 Å². The molecule has 0 saturated carbocycles. The molecule has 1 N–H and O–H groups in total. The average molecular weight is 431 g/mol. The molecular formula is C23H24F3N3O2. The largest absolute Gasteiger partial charge is 0.418 e. The first-order valence-corrected chi connectivity index (χ1v) is 9.93. The third-order valence-electron chi connectivity index (χ3n) is 4.78. The molecule has 31 heavy (non-hydrogen) atoms. The Labute approximate surface area is 178 Å². The lowest BCUT2D eigenvalue weighted by Crippen LogP contribution is -2.16. The van der Waals surface area contributed by atoms with Crippen LogP contribution in [0, 0.1) is 0 Å². The number of aromatic nitrogens is 2. The summed E-state index contributed by atoms with van der Waals surface area (Å²) in [6, 6.07) is 12.8. The van der Waals surface area contributed by atoms with E-state index in [1.165, 1.54) is 23.8 Å². The molecule has 0 aliphatic rings. The standard InChI is InChI=1S/C23H24F3N3O2/c1-22(2,3)16-13-11-15(12-14-16)21-28-20(31-29-21)10-6-9-19(30)27-18-8-5-4-7-17(18)23(24,25)26/h4-5,7-8,11-14H,6,9-10H2,1-3H3,(H,27,30). The topological polar surface area (TPSA) is 68.0 Å². The number of anilines is 1. The van der Waals surface area contributed by atoms with E-state index in [0.717, 1.165) is 11.6 Å². The molecule has 3 aromatic rings. The van der Waals surface area contributed by atoms with Crippen LogP contribution in [0.2, 0.25) is 0 Å². The lowest BCUT2D eigenvalue weighted by molar-refractivity contribution is -0.137. The molecular weight excluding hydrogens is 407 g/mol. The molecule has 1 heterocycles. The maximum atomic E-state index is 13.0. The van der Waals surface area contributed by atoms with Crippen LogP contribution in [0.25, 0.3) is 11.4 Å². The van der Waals surface area contributed by atoms with Gasteiger partial charge in [-0.3, -0.25) is 4.79 Å². The zero-order chi connectivity index (χ0) is 22.6. The second kappa shape index (κ2) is 8.91. The zero-order valence-electron chi connectivity index (χ0n) is 17.6. The highest BCUT2D eigenvalue weighted by Gasteiger charge is 2.33. The first-order valence-electron chi connectivity index (χ1n) is 9.93. The molecule has 5 nitrogen and oxygen atoms in total. The molecule has 1 aromatic heterocycles. The molecule has 164 valence electrons. The average Bonchev–Trinajstić information content (AvgIpc) is 3.16. The summed E-state index contributed by atoms with van der Waals surface area (Å²) >= 11 is 0. The van der Waals surface area contributed by atoms with Gasteiger partial charge in [0.2, 0.25) is 17.6 Å². The van der Waals surface area contributed by atoms with Gasteiger partial charge in [0.15, 0.2) is 0 Å². The van der Waals surface area contributed by atoms with E-state index in [0.29, 0.717) is 24.6 Å². The van der Waals surface area contributed by atoms with Crippen molar-refractivity contribution < 1.29 is 22.5 Å². The summed E-state index contributed by atoms with van der Waals surface area (Å²) < 4.78 is 44.3. The Morgan fingerprint density at radius 2 is 1.71 bits per heavy atom. The van der Waals surface area contributed by atoms with Gasteiger partial charge in [0.1, 0.15) is 0 Å². The fourth-order valence-corrected chi connectivity index (χ4v) is 3.05. The van der Waals surface area contributed by atoms with Crippen molar-refractivity contribution in [1.29, 1.82) is 0 Å². The highest BCUT2D eigenvalue weighted by atomic mass is 19.4. The SMILES string of the molecule is CC(C)(C)c1ccc(-c2noc(CCCC(=O)Nc3ccccc3C(F)(F)F)n2)cc1. The Hall–Kier alpha value is -3.16. The molecule has 8 heteroatoms. The molecule has 0 spiro atoms. The number of carbonyl (C=O) groups excluding carboxylic acids is 1. The normalized spacial score (nSPS) is 12.1. The molecule has 0 bridgehead atoms. The highest BCUT2D eigenvalue weighted by Crippen LogP contribution is 2.34. The van der Waals surface area contributed by atoms with Gasteiger partial charge in [0.05, 0.1) is 11.3 Å². The summed E-state index contributed by atoms with van der Waals surface area (Å²) in [6.45, 7) is 6.39. The number of nitrogens with one attached hydrogen (secondary N) is 1. The van der Waals surface area contributed by atoms with Gasteiger partial charge in [-0.05, 0) is 29.5 Å². The molecule has 0 unspecified atom stereocenters. The van der Waals surface area contributed by atoms with E-state index in [9.17, 15) is 18.0 Å². The molecule has 3 rings (SSSR count). The third-order valence-corrected chi connectivity index (χ3v) is 4.78. The summed E-state index contributed by atoms with van der Waals surface area (Å²) in [5.74, 6) is 0.326. The van der Waals surface area contributed by atoms with Gasteiger partial charge in [-0.2, -0.15) is 18.2 Å². The molecule has 0 aliphatic carbocycles. The number of nitrogens with zero attached hydrogens (tertiary/aromatic N) is 2. The van der Waals surface area contributed by atoms with E-state index in [1.54, 1.807) is 0 Å². The van der Waals surface area contributed by atoms with Gasteiger partial charge < -0.3 is 9.84 Å². The number of alkyl halides is 3. The van der Waals surface area contributed by atoms with E-state index < -0.39 is 17.6 Å². The molecule has 0 saturated heterocycles. The summed E-state index contributed by atoms with van der Waals surface area (Å²) in [5.41, 5.74) is 0.936. The molecule has 0 atom stereocenters. The minimum absolute atomic E-state index is 0.0319. The van der Waals surface area contributed by atoms with Crippen molar-refractivity contribution in [2.45, 2.75) is 51.6 Å². The number of carbonyl (C=O) groups is 1. The van der Waals surface area contributed by atoms with Crippen molar-refractivity contribution in [3.63, 3.8) is 0 Å². The predicted octanol–water partition coefficient (Wildman–Crippen LogP) is 6.01. The van der Waals surface area contributed by atoms with Crippen LogP contribution < -0.4 is 5.32 Å². The van der Waals surface area contributed by atoms with Crippen LogP contribution >= 0.6 is 0 Å². The van der Waals surface area contributed by atoms with E-state index in [1.807, 2.05) is 24.3 Å². The van der Waals surface area contributed by atoms with Crippen LogP contribution in [-0.4, -0.2) is 16.0 Å². The van der Waals surface area contributed by atoms with E-state index in [4.69, 9.17) is 4.52 Å². The Morgan fingerprint density at radius 1 is 1.03 bits per heavy atom. The van der Waals surface area contributed by atoms with Crippen LogP contribution in [-0.2, 0) is 22.8 Å². The van der Waals surface area contributed by atoms with E-state index in [2.05, 4.69) is 36.2 Å². The van der Waals surface area contributed by atoms with Crippen molar-refractivity contribution in [2.75, 3.05) is 5.32 Å². The number of aryl methyl sites for hydroxylation is 1. The molecule has 0 aliphatic heterocycles.